The summed E-state index contributed by atoms with van der Waals surface area (Å²) < 4.78 is 11.1. The maximum atomic E-state index is 12.5. The van der Waals surface area contributed by atoms with Gasteiger partial charge in [0.05, 0.1) is 19.8 Å². The Morgan fingerprint density at radius 2 is 1.76 bits per heavy atom. The lowest BCUT2D eigenvalue weighted by molar-refractivity contribution is -0.115. The standard InChI is InChI=1S/C24H27N5O4/c1-3-32-19-12-9-17(13-20(19)33-4-2)24(31)25-14-21(30)26-18-10-7-16(8-11-18)23-27-22(28-29-23)15-5-6-15/h7-13,15H,3-6,14H2,1-2H3,(H,25,31)(H,26,30)(H,27,28,29). The summed E-state index contributed by atoms with van der Waals surface area (Å²) in [5.41, 5.74) is 1.87. The molecule has 0 radical (unpaired) electrons. The number of hydrogen-bond acceptors (Lipinski definition) is 6. The highest BCUT2D eigenvalue weighted by molar-refractivity contribution is 5.99. The van der Waals surface area contributed by atoms with Crippen LogP contribution in [0.25, 0.3) is 11.4 Å². The van der Waals surface area contributed by atoms with Crippen molar-refractivity contribution in [2.75, 3.05) is 25.1 Å². The van der Waals surface area contributed by atoms with Crippen LogP contribution in [0.1, 0.15) is 48.8 Å². The molecule has 33 heavy (non-hydrogen) atoms. The first-order valence-electron chi connectivity index (χ1n) is 11.1. The van der Waals surface area contributed by atoms with E-state index in [4.69, 9.17) is 9.47 Å². The molecular weight excluding hydrogens is 422 g/mol. The summed E-state index contributed by atoms with van der Waals surface area (Å²) in [6.45, 7) is 4.51. The van der Waals surface area contributed by atoms with Gasteiger partial charge in [0.25, 0.3) is 5.91 Å². The second-order valence-electron chi connectivity index (χ2n) is 7.65. The number of anilines is 1. The van der Waals surface area contributed by atoms with Crippen molar-refractivity contribution in [1.82, 2.24) is 20.5 Å². The molecule has 1 aliphatic rings. The minimum atomic E-state index is -0.374. The molecule has 2 aromatic carbocycles. The van der Waals surface area contributed by atoms with Gasteiger partial charge >= 0.3 is 0 Å². The first-order valence-corrected chi connectivity index (χ1v) is 11.1. The van der Waals surface area contributed by atoms with Crippen LogP contribution in [0.2, 0.25) is 0 Å². The summed E-state index contributed by atoms with van der Waals surface area (Å²) in [4.78, 5) is 29.3. The van der Waals surface area contributed by atoms with Crippen molar-refractivity contribution in [2.24, 2.45) is 0 Å². The molecule has 1 saturated carbocycles. The van der Waals surface area contributed by atoms with Gasteiger partial charge in [0.15, 0.2) is 17.3 Å². The fraction of sp³-hybridized carbons (Fsp3) is 0.333. The summed E-state index contributed by atoms with van der Waals surface area (Å²) in [5.74, 6) is 2.44. The molecule has 1 aromatic heterocycles. The van der Waals surface area contributed by atoms with Crippen LogP contribution in [-0.4, -0.2) is 46.8 Å². The van der Waals surface area contributed by atoms with Crippen LogP contribution in [-0.2, 0) is 4.79 Å². The molecule has 172 valence electrons. The lowest BCUT2D eigenvalue weighted by Crippen LogP contribution is -2.32. The van der Waals surface area contributed by atoms with E-state index in [1.807, 2.05) is 26.0 Å². The van der Waals surface area contributed by atoms with Crippen LogP contribution in [0.3, 0.4) is 0 Å². The smallest absolute Gasteiger partial charge is 0.251 e. The second kappa shape index (κ2) is 10.2. The van der Waals surface area contributed by atoms with Gasteiger partial charge in [-0.25, -0.2) is 4.98 Å². The van der Waals surface area contributed by atoms with Gasteiger partial charge in [0.2, 0.25) is 5.91 Å². The van der Waals surface area contributed by atoms with Gasteiger partial charge in [0.1, 0.15) is 5.82 Å². The van der Waals surface area contributed by atoms with E-state index in [9.17, 15) is 9.59 Å². The zero-order valence-electron chi connectivity index (χ0n) is 18.7. The number of nitrogens with one attached hydrogen (secondary N) is 3. The van der Waals surface area contributed by atoms with Crippen LogP contribution in [0.15, 0.2) is 42.5 Å². The maximum absolute atomic E-state index is 12.5. The zero-order chi connectivity index (χ0) is 23.2. The van der Waals surface area contributed by atoms with Crippen molar-refractivity contribution >= 4 is 17.5 Å². The summed E-state index contributed by atoms with van der Waals surface area (Å²) >= 11 is 0. The number of hydrogen-bond donors (Lipinski definition) is 3. The second-order valence-corrected chi connectivity index (χ2v) is 7.65. The lowest BCUT2D eigenvalue weighted by Gasteiger charge is -2.12. The molecule has 1 fully saturated rings. The van der Waals surface area contributed by atoms with E-state index in [1.165, 1.54) is 0 Å². The van der Waals surface area contributed by atoms with Crippen molar-refractivity contribution in [3.05, 3.63) is 53.9 Å². The number of aromatic amines is 1. The third-order valence-electron chi connectivity index (χ3n) is 5.11. The summed E-state index contributed by atoms with van der Waals surface area (Å²) in [6.07, 6.45) is 2.31. The Morgan fingerprint density at radius 1 is 1.03 bits per heavy atom. The fourth-order valence-corrected chi connectivity index (χ4v) is 3.31. The van der Waals surface area contributed by atoms with E-state index in [0.29, 0.717) is 47.7 Å². The van der Waals surface area contributed by atoms with E-state index in [1.54, 1.807) is 30.3 Å². The largest absolute Gasteiger partial charge is 0.490 e. The van der Waals surface area contributed by atoms with Crippen molar-refractivity contribution in [3.63, 3.8) is 0 Å². The minimum absolute atomic E-state index is 0.163. The minimum Gasteiger partial charge on any atom is -0.490 e. The predicted octanol–water partition coefficient (Wildman–Crippen LogP) is 3.52. The maximum Gasteiger partial charge on any atom is 0.251 e. The first-order chi connectivity index (χ1) is 16.1. The molecule has 9 heteroatoms. The highest BCUT2D eigenvalue weighted by atomic mass is 16.5. The molecule has 2 amide bonds. The van der Waals surface area contributed by atoms with Gasteiger partial charge in [-0.3, -0.25) is 14.7 Å². The highest BCUT2D eigenvalue weighted by Crippen LogP contribution is 2.38. The van der Waals surface area contributed by atoms with Crippen LogP contribution in [0.5, 0.6) is 11.5 Å². The molecule has 3 N–H and O–H groups in total. The molecule has 0 unspecified atom stereocenters. The Morgan fingerprint density at radius 3 is 2.45 bits per heavy atom. The monoisotopic (exact) mass is 449 g/mol. The van der Waals surface area contributed by atoms with Gasteiger partial charge in [-0.2, -0.15) is 5.10 Å². The molecular formula is C24H27N5O4. The number of carbonyl (C=O) groups is 2. The number of benzene rings is 2. The van der Waals surface area contributed by atoms with Gasteiger partial charge in [-0.1, -0.05) is 0 Å². The Balaban J connectivity index is 1.30. The summed E-state index contributed by atoms with van der Waals surface area (Å²) in [7, 11) is 0. The molecule has 3 aromatic rings. The predicted molar refractivity (Wildman–Crippen MR) is 124 cm³/mol. The first kappa shape index (κ1) is 22.3. The molecule has 0 aliphatic heterocycles. The summed E-state index contributed by atoms with van der Waals surface area (Å²) in [5, 5.41) is 12.6. The van der Waals surface area contributed by atoms with Gasteiger partial charge < -0.3 is 20.1 Å². The molecule has 0 saturated heterocycles. The van der Waals surface area contributed by atoms with Crippen molar-refractivity contribution < 1.29 is 19.1 Å². The molecule has 0 spiro atoms. The SMILES string of the molecule is CCOc1ccc(C(=O)NCC(=O)Nc2ccc(-c3n[nH]c(C4CC4)n3)cc2)cc1OCC. The molecule has 0 bridgehead atoms. The number of aromatic nitrogens is 3. The molecule has 1 heterocycles. The average Bonchev–Trinajstić information content (AvgIpc) is 3.56. The normalized spacial score (nSPS) is 12.8. The number of H-pyrrole nitrogens is 1. The topological polar surface area (TPSA) is 118 Å². The number of nitrogens with zero attached hydrogens (tertiary/aromatic N) is 2. The zero-order valence-corrected chi connectivity index (χ0v) is 18.7. The van der Waals surface area contributed by atoms with Gasteiger partial charge in [-0.15, -0.1) is 0 Å². The average molecular weight is 450 g/mol. The lowest BCUT2D eigenvalue weighted by atomic mass is 10.2. The van der Waals surface area contributed by atoms with Crippen molar-refractivity contribution in [2.45, 2.75) is 32.6 Å². The highest BCUT2D eigenvalue weighted by Gasteiger charge is 2.27. The number of carbonyl (C=O) groups excluding carboxylic acids is 2. The number of amides is 2. The van der Waals surface area contributed by atoms with E-state index in [-0.39, 0.29) is 18.4 Å². The molecule has 1 aliphatic carbocycles. The van der Waals surface area contributed by atoms with Crippen LogP contribution in [0, 0.1) is 0 Å². The molecule has 4 rings (SSSR count). The molecule has 9 nitrogen and oxygen atoms in total. The fourth-order valence-electron chi connectivity index (χ4n) is 3.31. The third kappa shape index (κ3) is 5.68. The van der Waals surface area contributed by atoms with E-state index < -0.39 is 0 Å². The van der Waals surface area contributed by atoms with Crippen molar-refractivity contribution in [1.29, 1.82) is 0 Å². The van der Waals surface area contributed by atoms with Gasteiger partial charge in [0, 0.05) is 22.7 Å². The van der Waals surface area contributed by atoms with E-state index in [2.05, 4.69) is 25.8 Å². The molecule has 0 atom stereocenters. The van der Waals surface area contributed by atoms with Gasteiger partial charge in [-0.05, 0) is 69.2 Å². The van der Waals surface area contributed by atoms with Crippen LogP contribution >= 0.6 is 0 Å². The Bertz CT molecular complexity index is 1120. The van der Waals surface area contributed by atoms with Crippen LogP contribution in [0.4, 0.5) is 5.69 Å². The number of ether oxygens (including phenoxy) is 2. The Hall–Kier alpha value is -3.88. The third-order valence-corrected chi connectivity index (χ3v) is 5.11. The Kier molecular flexibility index (Phi) is 6.87. The number of rotatable bonds is 10. The van der Waals surface area contributed by atoms with E-state index >= 15 is 0 Å². The summed E-state index contributed by atoms with van der Waals surface area (Å²) in [6, 6.07) is 12.2. The quantitative estimate of drug-likeness (QED) is 0.436. The van der Waals surface area contributed by atoms with Crippen molar-refractivity contribution in [3.8, 4) is 22.9 Å². The van der Waals surface area contributed by atoms with Crippen LogP contribution < -0.4 is 20.1 Å². The Labute approximate surface area is 191 Å². The van der Waals surface area contributed by atoms with E-state index in [0.717, 1.165) is 24.2 Å².